The number of aliphatic hydroxyl groups excluding tert-OH is 1. The molecular formula is C33H50N6O7. The van der Waals surface area contributed by atoms with E-state index >= 15 is 0 Å². The molecule has 0 aliphatic carbocycles. The summed E-state index contributed by atoms with van der Waals surface area (Å²) in [6.45, 7) is 6.84. The van der Waals surface area contributed by atoms with Gasteiger partial charge in [-0.15, -0.1) is 0 Å². The number of carbonyl (C=O) groups excluding carboxylic acids is 4. The van der Waals surface area contributed by atoms with Crippen molar-refractivity contribution >= 4 is 23.7 Å². The molecule has 46 heavy (non-hydrogen) atoms. The van der Waals surface area contributed by atoms with E-state index in [1.54, 1.807) is 42.5 Å². The Bertz CT molecular complexity index is 1200. The number of aromatic nitrogens is 1. The molecule has 7 N–H and O–H groups in total. The van der Waals surface area contributed by atoms with Crippen LogP contribution in [0.3, 0.4) is 0 Å². The van der Waals surface area contributed by atoms with E-state index < -0.39 is 30.2 Å². The van der Waals surface area contributed by atoms with E-state index in [1.807, 2.05) is 13.8 Å². The molecule has 0 aliphatic rings. The minimum absolute atomic E-state index is 0.110. The molecule has 0 fully saturated rings. The number of benzene rings is 1. The topological polar surface area (TPSA) is 194 Å². The van der Waals surface area contributed by atoms with Gasteiger partial charge in [0.2, 0.25) is 24.5 Å². The maximum atomic E-state index is 13.1. The largest absolute Gasteiger partial charge is 0.457 e. The van der Waals surface area contributed by atoms with Crippen molar-refractivity contribution < 1.29 is 33.8 Å². The third-order valence-electron chi connectivity index (χ3n) is 7.40. The second-order valence-corrected chi connectivity index (χ2v) is 11.1. The number of hydrogen-bond acceptors (Lipinski definition) is 10. The molecule has 3 amide bonds. The molecule has 254 valence electrons. The molecule has 0 radical (unpaired) electrons. The number of ether oxygens (including phenoxy) is 2. The number of unbranched alkanes of at least 4 members (excludes halogenated alkanes) is 2. The van der Waals surface area contributed by atoms with Gasteiger partial charge in [-0.1, -0.05) is 58.2 Å². The minimum Gasteiger partial charge on any atom is -0.457 e. The first-order valence-corrected chi connectivity index (χ1v) is 15.9. The van der Waals surface area contributed by atoms with Crippen LogP contribution in [0, 0.1) is 5.92 Å². The minimum atomic E-state index is -1.23. The van der Waals surface area contributed by atoms with Gasteiger partial charge in [0.05, 0.1) is 12.1 Å². The fraction of sp³-hybridized carbons (Fsp3) is 0.545. The first kappa shape index (κ1) is 38.1. The van der Waals surface area contributed by atoms with Crippen molar-refractivity contribution in [1.82, 2.24) is 26.3 Å². The van der Waals surface area contributed by atoms with Gasteiger partial charge in [0, 0.05) is 38.7 Å². The van der Waals surface area contributed by atoms with Crippen LogP contribution in [0.25, 0.3) is 0 Å². The van der Waals surface area contributed by atoms with Gasteiger partial charge in [0.1, 0.15) is 17.7 Å². The van der Waals surface area contributed by atoms with Crippen LogP contribution in [0.15, 0.2) is 48.7 Å². The van der Waals surface area contributed by atoms with Crippen LogP contribution in [-0.2, 0) is 25.5 Å². The molecule has 1 aromatic heterocycles. The summed E-state index contributed by atoms with van der Waals surface area (Å²) in [6, 6.07) is 10.5. The molecule has 13 heteroatoms. The second-order valence-electron chi connectivity index (χ2n) is 11.1. The summed E-state index contributed by atoms with van der Waals surface area (Å²) in [7, 11) is 0. The van der Waals surface area contributed by atoms with Crippen LogP contribution < -0.4 is 31.7 Å². The number of aliphatic hydroxyl groups is 1. The Morgan fingerprint density at radius 2 is 1.74 bits per heavy atom. The zero-order valence-electron chi connectivity index (χ0n) is 27.1. The summed E-state index contributed by atoms with van der Waals surface area (Å²) in [5.41, 5.74) is 6.13. The number of rotatable bonds is 23. The molecule has 1 heterocycles. The van der Waals surface area contributed by atoms with E-state index in [2.05, 4.69) is 33.2 Å². The summed E-state index contributed by atoms with van der Waals surface area (Å²) in [5.74, 6) is -1.10. The monoisotopic (exact) mass is 642 g/mol. The highest BCUT2D eigenvalue weighted by atomic mass is 16.7. The Morgan fingerprint density at radius 3 is 2.39 bits per heavy atom. The average Bonchev–Trinajstić information content (AvgIpc) is 3.05. The number of hydrogen-bond donors (Lipinski definition) is 6. The predicted molar refractivity (Wildman–Crippen MR) is 173 cm³/mol. The van der Waals surface area contributed by atoms with E-state index in [-0.39, 0.29) is 43.1 Å². The molecule has 0 saturated heterocycles. The predicted octanol–water partition coefficient (Wildman–Crippen LogP) is 1.79. The van der Waals surface area contributed by atoms with Gasteiger partial charge in [-0.2, -0.15) is 0 Å². The van der Waals surface area contributed by atoms with Crippen LogP contribution in [0.4, 0.5) is 0 Å². The lowest BCUT2D eigenvalue weighted by molar-refractivity contribution is -0.126. The fourth-order valence-electron chi connectivity index (χ4n) is 4.50. The lowest BCUT2D eigenvalue weighted by Gasteiger charge is -2.31. The molecule has 2 aromatic rings. The van der Waals surface area contributed by atoms with Crippen LogP contribution in [0.5, 0.6) is 5.75 Å². The Morgan fingerprint density at radius 1 is 0.978 bits per heavy atom. The summed E-state index contributed by atoms with van der Waals surface area (Å²) in [5, 5.41) is 23.2. The second kappa shape index (κ2) is 21.6. The molecular weight excluding hydrogens is 592 g/mol. The van der Waals surface area contributed by atoms with Crippen LogP contribution in [0.1, 0.15) is 75.3 Å². The molecule has 0 saturated carbocycles. The standard InChI is InChI=1S/C33H50N6O7/c1-4-6-7-11-29(41)38-27(31(42)39-30(23(3)5-2)32(43)37-20-19-35-18-16-28(34)40)21-24-12-14-25(15-13-24)45-22-46-33(44)26-10-8-9-17-36-26/h8-10,12-15,17,23,27,30-31,35,39,42H,4-7,11,16,18-22H2,1-3H3,(H2,34,40)(H,37,43)(H,38,41). The highest BCUT2D eigenvalue weighted by Gasteiger charge is 2.30. The van der Waals surface area contributed by atoms with Gasteiger partial charge in [-0.05, 0) is 48.6 Å². The molecule has 4 atom stereocenters. The van der Waals surface area contributed by atoms with Crippen molar-refractivity contribution in [3.05, 3.63) is 59.9 Å². The fourth-order valence-corrected chi connectivity index (χ4v) is 4.50. The van der Waals surface area contributed by atoms with Gasteiger partial charge in [0.25, 0.3) is 0 Å². The van der Waals surface area contributed by atoms with Crippen molar-refractivity contribution in [1.29, 1.82) is 0 Å². The zero-order chi connectivity index (χ0) is 33.7. The Labute approximate surface area is 271 Å². The number of esters is 1. The molecule has 13 nitrogen and oxygen atoms in total. The maximum Gasteiger partial charge on any atom is 0.359 e. The third kappa shape index (κ3) is 14.8. The first-order chi connectivity index (χ1) is 22.1. The van der Waals surface area contributed by atoms with E-state index in [9.17, 15) is 24.3 Å². The highest BCUT2D eigenvalue weighted by Crippen LogP contribution is 2.16. The third-order valence-corrected chi connectivity index (χ3v) is 7.40. The lowest BCUT2D eigenvalue weighted by Crippen LogP contribution is -2.59. The van der Waals surface area contributed by atoms with Gasteiger partial charge >= 0.3 is 5.97 Å². The van der Waals surface area contributed by atoms with Crippen molar-refractivity contribution in [2.24, 2.45) is 11.7 Å². The van der Waals surface area contributed by atoms with Gasteiger partial charge < -0.3 is 36.3 Å². The van der Waals surface area contributed by atoms with Crippen molar-refractivity contribution in [3.63, 3.8) is 0 Å². The summed E-state index contributed by atoms with van der Waals surface area (Å²) >= 11 is 0. The van der Waals surface area contributed by atoms with Gasteiger partial charge in [-0.25, -0.2) is 9.78 Å². The lowest BCUT2D eigenvalue weighted by atomic mass is 9.96. The van der Waals surface area contributed by atoms with Crippen LogP contribution in [0.2, 0.25) is 0 Å². The van der Waals surface area contributed by atoms with Crippen molar-refractivity contribution in [3.8, 4) is 5.75 Å². The van der Waals surface area contributed by atoms with Crippen molar-refractivity contribution in [2.75, 3.05) is 26.4 Å². The normalized spacial score (nSPS) is 13.6. The Balaban J connectivity index is 2.03. The van der Waals surface area contributed by atoms with Crippen molar-refractivity contribution in [2.45, 2.75) is 84.0 Å². The van der Waals surface area contributed by atoms with Gasteiger partial charge in [-0.3, -0.25) is 19.7 Å². The zero-order valence-corrected chi connectivity index (χ0v) is 27.1. The van der Waals surface area contributed by atoms with Crippen LogP contribution in [-0.4, -0.2) is 78.5 Å². The molecule has 1 aromatic carbocycles. The van der Waals surface area contributed by atoms with Crippen LogP contribution >= 0.6 is 0 Å². The number of primary amides is 1. The van der Waals surface area contributed by atoms with E-state index in [4.69, 9.17) is 15.2 Å². The molecule has 0 bridgehead atoms. The van der Waals surface area contributed by atoms with E-state index in [1.165, 1.54) is 6.20 Å². The Kier molecular flexibility index (Phi) is 17.9. The molecule has 4 unspecified atom stereocenters. The van der Waals surface area contributed by atoms with E-state index in [0.717, 1.165) is 24.8 Å². The number of pyridine rings is 1. The number of nitrogens with one attached hydrogen (secondary N) is 4. The molecule has 2 rings (SSSR count). The Hall–Kier alpha value is -4.07. The number of nitrogens with two attached hydrogens (primary N) is 1. The highest BCUT2D eigenvalue weighted by molar-refractivity contribution is 5.87. The summed E-state index contributed by atoms with van der Waals surface area (Å²) in [6.07, 6.45) is 4.41. The maximum absolute atomic E-state index is 13.1. The number of nitrogens with zero attached hydrogens (tertiary/aromatic N) is 1. The SMILES string of the molecule is CCCCCC(=O)NC(Cc1ccc(OCOC(=O)c2ccccn2)cc1)C(O)NC(C(=O)NCCNCCC(N)=O)C(C)CC. The molecule has 0 spiro atoms. The summed E-state index contributed by atoms with van der Waals surface area (Å²) in [4.78, 5) is 52.8. The average molecular weight is 643 g/mol. The van der Waals surface area contributed by atoms with E-state index in [0.29, 0.717) is 38.2 Å². The van der Waals surface area contributed by atoms with Gasteiger partial charge in [0.15, 0.2) is 0 Å². The smallest absolute Gasteiger partial charge is 0.359 e. The molecule has 0 aliphatic heterocycles. The summed E-state index contributed by atoms with van der Waals surface area (Å²) < 4.78 is 10.6. The number of carbonyl (C=O) groups is 4. The first-order valence-electron chi connectivity index (χ1n) is 15.9. The quantitative estimate of drug-likeness (QED) is 0.0591. The number of amides is 3.